The Morgan fingerprint density at radius 2 is 1.91 bits per heavy atom. The Morgan fingerprint density at radius 3 is 2.57 bits per heavy atom. The van der Waals surface area contributed by atoms with Crippen LogP contribution in [-0.4, -0.2) is 19.6 Å². The van der Waals surface area contributed by atoms with Crippen molar-refractivity contribution in [2.45, 2.75) is 32.9 Å². The van der Waals surface area contributed by atoms with E-state index in [2.05, 4.69) is 15.1 Å². The van der Waals surface area contributed by atoms with E-state index in [4.69, 9.17) is 0 Å². The Bertz CT molecular complexity index is 865. The highest BCUT2D eigenvalue weighted by Crippen LogP contribution is 2.34. The van der Waals surface area contributed by atoms with Crippen LogP contribution in [0.15, 0.2) is 30.7 Å². The maximum atomic E-state index is 12.9. The summed E-state index contributed by atoms with van der Waals surface area (Å²) in [6.07, 6.45) is -0.463. The summed E-state index contributed by atoms with van der Waals surface area (Å²) in [6.45, 7) is 5.79. The maximum absolute atomic E-state index is 12.9. The molecule has 0 spiro atoms. The van der Waals surface area contributed by atoms with Crippen LogP contribution in [0.1, 0.15) is 36.6 Å². The standard InChI is InChI=1S/C16H15F3N4/c1-9(2)13-14(22-23-5-4-10(3)21-15(13)23)11-6-12(8-20-7-11)16(17,18)19/h4-9H,1-3H3. The largest absolute Gasteiger partial charge is 0.417 e. The van der Waals surface area contributed by atoms with E-state index in [0.717, 1.165) is 23.5 Å². The van der Waals surface area contributed by atoms with E-state index in [-0.39, 0.29) is 5.92 Å². The fraction of sp³-hybridized carbons (Fsp3) is 0.312. The van der Waals surface area contributed by atoms with Gasteiger partial charge in [-0.25, -0.2) is 9.50 Å². The summed E-state index contributed by atoms with van der Waals surface area (Å²) in [5.74, 6) is 0.0614. The molecule has 0 aromatic carbocycles. The van der Waals surface area contributed by atoms with E-state index in [1.807, 2.05) is 20.8 Å². The monoisotopic (exact) mass is 320 g/mol. The van der Waals surface area contributed by atoms with Gasteiger partial charge in [0, 0.05) is 35.4 Å². The number of aromatic nitrogens is 4. The molecular weight excluding hydrogens is 305 g/mol. The van der Waals surface area contributed by atoms with Crippen LogP contribution in [0.25, 0.3) is 16.9 Å². The van der Waals surface area contributed by atoms with Crippen molar-refractivity contribution in [1.82, 2.24) is 19.6 Å². The summed E-state index contributed by atoms with van der Waals surface area (Å²) in [7, 11) is 0. The molecule has 3 aromatic heterocycles. The SMILES string of the molecule is Cc1ccn2nc(-c3cncc(C(F)(F)F)c3)c(C(C)C)c2n1. The molecule has 4 nitrogen and oxygen atoms in total. The van der Waals surface area contributed by atoms with Gasteiger partial charge in [0.05, 0.1) is 5.56 Å². The van der Waals surface area contributed by atoms with Crippen molar-refractivity contribution in [3.63, 3.8) is 0 Å². The highest BCUT2D eigenvalue weighted by atomic mass is 19.4. The molecule has 3 heterocycles. The van der Waals surface area contributed by atoms with Crippen molar-refractivity contribution in [2.24, 2.45) is 0 Å². The smallest absolute Gasteiger partial charge is 0.263 e. The molecule has 120 valence electrons. The molecule has 23 heavy (non-hydrogen) atoms. The van der Waals surface area contributed by atoms with Gasteiger partial charge >= 0.3 is 6.18 Å². The Kier molecular flexibility index (Phi) is 3.58. The van der Waals surface area contributed by atoms with Gasteiger partial charge < -0.3 is 0 Å². The third-order valence-electron chi connectivity index (χ3n) is 3.58. The first-order chi connectivity index (χ1) is 10.8. The zero-order valence-corrected chi connectivity index (χ0v) is 12.9. The summed E-state index contributed by atoms with van der Waals surface area (Å²) in [5.41, 5.74) is 2.34. The van der Waals surface area contributed by atoms with Gasteiger partial charge in [-0.1, -0.05) is 13.8 Å². The number of rotatable bonds is 2. The van der Waals surface area contributed by atoms with Gasteiger partial charge in [0.25, 0.3) is 0 Å². The van der Waals surface area contributed by atoms with Crippen molar-refractivity contribution < 1.29 is 13.2 Å². The predicted molar refractivity (Wildman–Crippen MR) is 80.0 cm³/mol. The van der Waals surface area contributed by atoms with Gasteiger partial charge in [-0.15, -0.1) is 0 Å². The second-order valence-electron chi connectivity index (χ2n) is 5.71. The van der Waals surface area contributed by atoms with E-state index in [1.165, 1.54) is 6.20 Å². The van der Waals surface area contributed by atoms with Crippen molar-refractivity contribution in [1.29, 1.82) is 0 Å². The number of alkyl halides is 3. The maximum Gasteiger partial charge on any atom is 0.417 e. The number of pyridine rings is 1. The molecule has 0 aliphatic heterocycles. The van der Waals surface area contributed by atoms with Crippen molar-refractivity contribution in [2.75, 3.05) is 0 Å². The number of hydrogen-bond acceptors (Lipinski definition) is 3. The quantitative estimate of drug-likeness (QED) is 0.709. The van der Waals surface area contributed by atoms with Gasteiger partial charge in [-0.2, -0.15) is 18.3 Å². The Hall–Kier alpha value is -2.44. The van der Waals surface area contributed by atoms with Gasteiger partial charge in [-0.05, 0) is 25.0 Å². The van der Waals surface area contributed by atoms with Gasteiger partial charge in [0.15, 0.2) is 5.65 Å². The van der Waals surface area contributed by atoms with E-state index >= 15 is 0 Å². The lowest BCUT2D eigenvalue weighted by atomic mass is 9.99. The third-order valence-corrected chi connectivity index (χ3v) is 3.58. The first kappa shape index (κ1) is 15.5. The van der Waals surface area contributed by atoms with Crippen molar-refractivity contribution in [3.05, 3.63) is 47.5 Å². The lowest BCUT2D eigenvalue weighted by Gasteiger charge is -2.09. The third kappa shape index (κ3) is 2.78. The minimum absolute atomic E-state index is 0.0614. The van der Waals surface area contributed by atoms with Crippen LogP contribution < -0.4 is 0 Å². The minimum atomic E-state index is -4.44. The molecule has 0 N–H and O–H groups in total. The second kappa shape index (κ2) is 5.33. The number of hydrogen-bond donors (Lipinski definition) is 0. The normalized spacial score (nSPS) is 12.3. The summed E-state index contributed by atoms with van der Waals surface area (Å²) >= 11 is 0. The predicted octanol–water partition coefficient (Wildman–Crippen LogP) is 4.24. The molecule has 0 aliphatic rings. The molecule has 0 saturated carbocycles. The molecule has 0 radical (unpaired) electrons. The van der Waals surface area contributed by atoms with Crippen molar-refractivity contribution >= 4 is 5.65 Å². The highest BCUT2D eigenvalue weighted by Gasteiger charge is 2.31. The highest BCUT2D eigenvalue weighted by molar-refractivity contribution is 5.71. The number of nitrogens with zero attached hydrogens (tertiary/aromatic N) is 4. The Morgan fingerprint density at radius 1 is 1.17 bits per heavy atom. The van der Waals surface area contributed by atoms with Crippen LogP contribution in [0, 0.1) is 6.92 Å². The van der Waals surface area contributed by atoms with Crippen LogP contribution >= 0.6 is 0 Å². The van der Waals surface area contributed by atoms with Gasteiger partial charge in [-0.3, -0.25) is 4.98 Å². The zero-order valence-electron chi connectivity index (χ0n) is 12.9. The average Bonchev–Trinajstić information content (AvgIpc) is 2.85. The summed E-state index contributed by atoms with van der Waals surface area (Å²) in [5, 5.41) is 4.42. The molecule has 0 aliphatic carbocycles. The molecule has 7 heteroatoms. The van der Waals surface area contributed by atoms with Crippen LogP contribution in [0.5, 0.6) is 0 Å². The summed E-state index contributed by atoms with van der Waals surface area (Å²) in [4.78, 5) is 8.20. The van der Waals surface area contributed by atoms with Gasteiger partial charge in [0.2, 0.25) is 0 Å². The van der Waals surface area contributed by atoms with E-state index in [1.54, 1.807) is 16.8 Å². The molecule has 3 rings (SSSR count). The molecule has 0 amide bonds. The lowest BCUT2D eigenvalue weighted by molar-refractivity contribution is -0.137. The number of aryl methyl sites for hydroxylation is 1. The average molecular weight is 320 g/mol. The first-order valence-corrected chi connectivity index (χ1v) is 7.16. The fourth-order valence-corrected chi connectivity index (χ4v) is 2.51. The first-order valence-electron chi connectivity index (χ1n) is 7.16. The van der Waals surface area contributed by atoms with Crippen LogP contribution in [0.2, 0.25) is 0 Å². The van der Waals surface area contributed by atoms with E-state index in [9.17, 15) is 13.2 Å². The molecule has 0 bridgehead atoms. The number of fused-ring (bicyclic) bond motifs is 1. The Balaban J connectivity index is 2.26. The molecule has 3 aromatic rings. The van der Waals surface area contributed by atoms with E-state index in [0.29, 0.717) is 16.9 Å². The number of halogens is 3. The van der Waals surface area contributed by atoms with Gasteiger partial charge in [0.1, 0.15) is 5.69 Å². The lowest BCUT2D eigenvalue weighted by Crippen LogP contribution is -2.05. The molecular formula is C16H15F3N4. The van der Waals surface area contributed by atoms with Crippen LogP contribution in [0.3, 0.4) is 0 Å². The summed E-state index contributed by atoms with van der Waals surface area (Å²) in [6, 6.07) is 2.88. The van der Waals surface area contributed by atoms with E-state index < -0.39 is 11.7 Å². The molecule has 0 atom stereocenters. The second-order valence-corrected chi connectivity index (χ2v) is 5.71. The van der Waals surface area contributed by atoms with Crippen LogP contribution in [-0.2, 0) is 6.18 Å². The zero-order chi connectivity index (χ0) is 16.8. The Labute approximate surface area is 131 Å². The fourth-order valence-electron chi connectivity index (χ4n) is 2.51. The minimum Gasteiger partial charge on any atom is -0.263 e. The summed E-state index contributed by atoms with van der Waals surface area (Å²) < 4.78 is 40.4. The molecule has 0 saturated heterocycles. The van der Waals surface area contributed by atoms with Crippen molar-refractivity contribution in [3.8, 4) is 11.3 Å². The molecule has 0 unspecified atom stereocenters. The molecule has 0 fully saturated rings. The topological polar surface area (TPSA) is 43.1 Å². The van der Waals surface area contributed by atoms with Crippen LogP contribution in [0.4, 0.5) is 13.2 Å².